The topological polar surface area (TPSA) is 67.5 Å². The summed E-state index contributed by atoms with van der Waals surface area (Å²) < 4.78 is 5.38. The van der Waals surface area contributed by atoms with E-state index in [-0.39, 0.29) is 0 Å². The van der Waals surface area contributed by atoms with Crippen molar-refractivity contribution in [2.24, 2.45) is 0 Å². The highest BCUT2D eigenvalue weighted by Gasteiger charge is 2.23. The van der Waals surface area contributed by atoms with Crippen molar-refractivity contribution < 1.29 is 4.74 Å². The summed E-state index contributed by atoms with van der Waals surface area (Å²) in [6.07, 6.45) is 2.32. The lowest BCUT2D eigenvalue weighted by Gasteiger charge is -2.36. The molecule has 1 fully saturated rings. The van der Waals surface area contributed by atoms with Crippen molar-refractivity contribution in [3.8, 4) is 0 Å². The molecule has 0 amide bonds. The van der Waals surface area contributed by atoms with Gasteiger partial charge in [-0.15, -0.1) is 0 Å². The van der Waals surface area contributed by atoms with E-state index in [1.165, 1.54) is 0 Å². The van der Waals surface area contributed by atoms with Crippen LogP contribution in [0, 0.1) is 0 Å². The summed E-state index contributed by atoms with van der Waals surface area (Å²) in [7, 11) is 2.10. The van der Waals surface area contributed by atoms with E-state index in [0.717, 1.165) is 38.3 Å². The quantitative estimate of drug-likeness (QED) is 0.857. The van der Waals surface area contributed by atoms with E-state index in [9.17, 15) is 0 Å². The Bertz CT molecular complexity index is 446. The zero-order chi connectivity index (χ0) is 15.2. The van der Waals surface area contributed by atoms with E-state index in [2.05, 4.69) is 33.7 Å². The highest BCUT2D eigenvalue weighted by atomic mass is 16.5. The molecule has 2 N–H and O–H groups in total. The molecule has 1 saturated heterocycles. The molecular weight excluding hydrogens is 266 g/mol. The fourth-order valence-corrected chi connectivity index (χ4v) is 2.75. The molecule has 1 aliphatic heterocycles. The van der Waals surface area contributed by atoms with Crippen LogP contribution in [0.4, 0.5) is 11.6 Å². The molecule has 0 spiro atoms. The first-order valence-corrected chi connectivity index (χ1v) is 7.80. The molecule has 1 aromatic rings. The van der Waals surface area contributed by atoms with Gasteiger partial charge in [0.1, 0.15) is 18.2 Å². The Morgan fingerprint density at radius 2 is 2.05 bits per heavy atom. The van der Waals surface area contributed by atoms with Gasteiger partial charge < -0.3 is 20.3 Å². The Kier molecular flexibility index (Phi) is 5.76. The zero-order valence-electron chi connectivity index (χ0n) is 13.4. The number of aromatic nitrogens is 2. The fraction of sp³-hybridized carbons (Fsp3) is 0.733. The number of nitrogens with zero attached hydrogens (tertiary/aromatic N) is 4. The summed E-state index contributed by atoms with van der Waals surface area (Å²) >= 11 is 0. The largest absolute Gasteiger partial charge is 0.384 e. The molecule has 0 unspecified atom stereocenters. The maximum absolute atomic E-state index is 5.90. The molecule has 1 aromatic heterocycles. The zero-order valence-corrected chi connectivity index (χ0v) is 13.4. The van der Waals surface area contributed by atoms with Crippen LogP contribution in [-0.4, -0.2) is 54.2 Å². The third-order valence-electron chi connectivity index (χ3n) is 4.13. The lowest BCUT2D eigenvalue weighted by Crippen LogP contribution is -2.43. The first-order chi connectivity index (χ1) is 10.1. The smallest absolute Gasteiger partial charge is 0.158 e. The van der Waals surface area contributed by atoms with E-state index in [0.29, 0.717) is 30.9 Å². The standard InChI is InChI=1S/C15H27N5O/c1-4-20-8-6-12(7-9-20)19(3)15-10-13(16)17-14(18-15)11-21-5-2/h10,12H,4-9,11H2,1-3H3,(H2,16,17,18). The van der Waals surface area contributed by atoms with Gasteiger partial charge in [-0.3, -0.25) is 0 Å². The van der Waals surface area contributed by atoms with Crippen LogP contribution >= 0.6 is 0 Å². The van der Waals surface area contributed by atoms with Gasteiger partial charge in [-0.05, 0) is 26.3 Å². The minimum absolute atomic E-state index is 0.413. The predicted molar refractivity (Wildman–Crippen MR) is 85.3 cm³/mol. The molecule has 0 bridgehead atoms. The second-order valence-electron chi connectivity index (χ2n) is 5.48. The van der Waals surface area contributed by atoms with Crippen LogP contribution in [0.5, 0.6) is 0 Å². The Hall–Kier alpha value is -1.40. The maximum Gasteiger partial charge on any atom is 0.158 e. The highest BCUT2D eigenvalue weighted by molar-refractivity contribution is 5.47. The van der Waals surface area contributed by atoms with E-state index in [1.807, 2.05) is 13.0 Å². The minimum Gasteiger partial charge on any atom is -0.384 e. The molecule has 0 saturated carbocycles. The van der Waals surface area contributed by atoms with Gasteiger partial charge in [0, 0.05) is 38.9 Å². The average Bonchev–Trinajstić information content (AvgIpc) is 2.51. The van der Waals surface area contributed by atoms with Gasteiger partial charge in [0.15, 0.2) is 5.82 Å². The van der Waals surface area contributed by atoms with Crippen molar-refractivity contribution in [2.75, 3.05) is 43.9 Å². The van der Waals surface area contributed by atoms with Gasteiger partial charge in [0.25, 0.3) is 0 Å². The van der Waals surface area contributed by atoms with Gasteiger partial charge in [-0.2, -0.15) is 0 Å². The Morgan fingerprint density at radius 1 is 1.33 bits per heavy atom. The molecule has 6 nitrogen and oxygen atoms in total. The van der Waals surface area contributed by atoms with Crippen molar-refractivity contribution in [1.29, 1.82) is 0 Å². The number of piperidine rings is 1. The van der Waals surface area contributed by atoms with Gasteiger partial charge in [0.2, 0.25) is 0 Å². The first kappa shape index (κ1) is 16.0. The van der Waals surface area contributed by atoms with Crippen LogP contribution in [0.2, 0.25) is 0 Å². The number of hydrogen-bond donors (Lipinski definition) is 1. The molecule has 0 aromatic carbocycles. The average molecular weight is 293 g/mol. The van der Waals surface area contributed by atoms with E-state index in [4.69, 9.17) is 10.5 Å². The number of hydrogen-bond acceptors (Lipinski definition) is 6. The highest BCUT2D eigenvalue weighted by Crippen LogP contribution is 2.21. The van der Waals surface area contributed by atoms with Crippen molar-refractivity contribution in [3.05, 3.63) is 11.9 Å². The molecular formula is C15H27N5O. The molecule has 0 atom stereocenters. The third kappa shape index (κ3) is 4.28. The molecule has 0 radical (unpaired) electrons. The summed E-state index contributed by atoms with van der Waals surface area (Å²) in [6, 6.07) is 2.36. The monoisotopic (exact) mass is 293 g/mol. The minimum atomic E-state index is 0.413. The number of ether oxygens (including phenoxy) is 1. The lowest BCUT2D eigenvalue weighted by atomic mass is 10.0. The summed E-state index contributed by atoms with van der Waals surface area (Å²) in [5.74, 6) is 2.06. The summed E-state index contributed by atoms with van der Waals surface area (Å²) in [5.41, 5.74) is 5.90. The Morgan fingerprint density at radius 3 is 2.67 bits per heavy atom. The van der Waals surface area contributed by atoms with Crippen LogP contribution in [0.15, 0.2) is 6.07 Å². The Labute approximate surface area is 127 Å². The van der Waals surface area contributed by atoms with E-state index >= 15 is 0 Å². The lowest BCUT2D eigenvalue weighted by molar-refractivity contribution is 0.128. The van der Waals surface area contributed by atoms with Crippen LogP contribution in [-0.2, 0) is 11.3 Å². The first-order valence-electron chi connectivity index (χ1n) is 7.80. The van der Waals surface area contributed by atoms with Gasteiger partial charge >= 0.3 is 0 Å². The predicted octanol–water partition coefficient (Wildman–Crippen LogP) is 1.52. The summed E-state index contributed by atoms with van der Waals surface area (Å²) in [5, 5.41) is 0. The second-order valence-corrected chi connectivity index (χ2v) is 5.48. The SMILES string of the molecule is CCOCc1nc(N)cc(N(C)C2CCN(CC)CC2)n1. The molecule has 1 aliphatic rings. The van der Waals surface area contributed by atoms with Gasteiger partial charge in [0.05, 0.1) is 0 Å². The molecule has 118 valence electrons. The van der Waals surface area contributed by atoms with E-state index in [1.54, 1.807) is 0 Å². The molecule has 21 heavy (non-hydrogen) atoms. The van der Waals surface area contributed by atoms with Crippen LogP contribution < -0.4 is 10.6 Å². The maximum atomic E-state index is 5.90. The third-order valence-corrected chi connectivity index (χ3v) is 4.13. The fourth-order valence-electron chi connectivity index (χ4n) is 2.75. The normalized spacial score (nSPS) is 17.1. The van der Waals surface area contributed by atoms with Gasteiger partial charge in [-0.1, -0.05) is 6.92 Å². The van der Waals surface area contributed by atoms with Crippen LogP contribution in [0.1, 0.15) is 32.5 Å². The number of nitrogen functional groups attached to an aromatic ring is 1. The van der Waals surface area contributed by atoms with Gasteiger partial charge in [-0.25, -0.2) is 9.97 Å². The van der Waals surface area contributed by atoms with Crippen LogP contribution in [0.3, 0.4) is 0 Å². The Balaban J connectivity index is 2.04. The molecule has 6 heteroatoms. The molecule has 0 aliphatic carbocycles. The second kappa shape index (κ2) is 7.56. The van der Waals surface area contributed by atoms with Crippen molar-refractivity contribution in [2.45, 2.75) is 39.3 Å². The summed E-state index contributed by atoms with van der Waals surface area (Å²) in [4.78, 5) is 13.5. The van der Waals surface area contributed by atoms with E-state index < -0.39 is 0 Å². The number of anilines is 2. The summed E-state index contributed by atoms with van der Waals surface area (Å²) in [6.45, 7) is 8.68. The number of rotatable bonds is 6. The van der Waals surface area contributed by atoms with Crippen LogP contribution in [0.25, 0.3) is 0 Å². The van der Waals surface area contributed by atoms with Crippen molar-refractivity contribution in [1.82, 2.24) is 14.9 Å². The number of nitrogens with two attached hydrogens (primary N) is 1. The number of likely N-dealkylation sites (tertiary alicyclic amines) is 1. The molecule has 2 heterocycles. The van der Waals surface area contributed by atoms with Crippen molar-refractivity contribution >= 4 is 11.6 Å². The van der Waals surface area contributed by atoms with Crippen molar-refractivity contribution in [3.63, 3.8) is 0 Å². The molecule has 2 rings (SSSR count).